The summed E-state index contributed by atoms with van der Waals surface area (Å²) >= 11 is 5.88. The second kappa shape index (κ2) is 10.2. The Morgan fingerprint density at radius 3 is 2.89 bits per heavy atom. The fourth-order valence-corrected chi connectivity index (χ4v) is 4.52. The lowest BCUT2D eigenvalue weighted by Gasteiger charge is -2.13. The molecule has 10 nitrogen and oxygen atoms in total. The average molecular weight is 516 g/mol. The molecule has 1 aliphatic heterocycles. The molecule has 0 saturated heterocycles. The zero-order valence-corrected chi connectivity index (χ0v) is 20.3. The van der Waals surface area contributed by atoms with Crippen molar-refractivity contribution in [3.8, 4) is 11.3 Å². The van der Waals surface area contributed by atoms with Crippen molar-refractivity contribution in [2.24, 2.45) is 0 Å². The third-order valence-corrected chi connectivity index (χ3v) is 6.15. The lowest BCUT2D eigenvalue weighted by Crippen LogP contribution is -2.24. The van der Waals surface area contributed by atoms with E-state index in [0.717, 1.165) is 23.4 Å². The molecule has 186 valence electrons. The van der Waals surface area contributed by atoms with Gasteiger partial charge in [0.25, 0.3) is 5.56 Å². The van der Waals surface area contributed by atoms with Gasteiger partial charge >= 0.3 is 5.97 Å². The van der Waals surface area contributed by atoms with E-state index in [-0.39, 0.29) is 18.0 Å². The van der Waals surface area contributed by atoms with E-state index >= 15 is 0 Å². The number of carboxylic acids is 1. The predicted octanol–water partition coefficient (Wildman–Crippen LogP) is 3.69. The monoisotopic (exact) mass is 515 g/mol. The SMILES string of the molecule is C=C(Cl)/C=C\C(=C\c1cc2n(c(=O)c1)C(c1ncc(-c3cccc(CC(=O)O)c3)[nH]1)CC2)n1cnnn1. The number of rotatable bonds is 8. The van der Waals surface area contributed by atoms with Gasteiger partial charge in [-0.15, -0.1) is 5.10 Å². The molecule has 0 aliphatic carbocycles. The number of carboxylic acid groups (broad SMARTS) is 1. The summed E-state index contributed by atoms with van der Waals surface area (Å²) in [6, 6.07) is 10.6. The summed E-state index contributed by atoms with van der Waals surface area (Å²) in [4.78, 5) is 32.2. The number of tetrazole rings is 1. The first-order valence-electron chi connectivity index (χ1n) is 11.5. The van der Waals surface area contributed by atoms with Gasteiger partial charge in [-0.2, -0.15) is 0 Å². The van der Waals surface area contributed by atoms with Gasteiger partial charge in [0.05, 0.1) is 30.1 Å². The van der Waals surface area contributed by atoms with Gasteiger partial charge in [0.15, 0.2) is 0 Å². The second-order valence-electron chi connectivity index (χ2n) is 8.60. The van der Waals surface area contributed by atoms with Gasteiger partial charge in [-0.05, 0) is 70.3 Å². The van der Waals surface area contributed by atoms with Crippen molar-refractivity contribution < 1.29 is 9.90 Å². The van der Waals surface area contributed by atoms with E-state index in [4.69, 9.17) is 16.7 Å². The molecule has 5 rings (SSSR count). The zero-order valence-electron chi connectivity index (χ0n) is 19.6. The van der Waals surface area contributed by atoms with Crippen LogP contribution in [0.1, 0.15) is 35.1 Å². The highest BCUT2D eigenvalue weighted by Gasteiger charge is 2.27. The number of nitrogens with zero attached hydrogens (tertiary/aromatic N) is 6. The molecular weight excluding hydrogens is 494 g/mol. The van der Waals surface area contributed by atoms with Gasteiger partial charge < -0.3 is 14.7 Å². The Bertz CT molecular complexity index is 1600. The number of H-pyrrole nitrogens is 1. The first-order chi connectivity index (χ1) is 17.9. The first-order valence-corrected chi connectivity index (χ1v) is 11.8. The molecule has 1 aliphatic rings. The van der Waals surface area contributed by atoms with Crippen LogP contribution in [-0.4, -0.2) is 45.8 Å². The fraction of sp³-hybridized carbons (Fsp3) is 0.154. The van der Waals surface area contributed by atoms with Crippen molar-refractivity contribution >= 4 is 29.3 Å². The maximum atomic E-state index is 13.2. The van der Waals surface area contributed by atoms with E-state index < -0.39 is 5.97 Å². The Hall–Kier alpha value is -4.57. The van der Waals surface area contributed by atoms with Gasteiger partial charge in [0.1, 0.15) is 12.2 Å². The average Bonchev–Trinajstić information content (AvgIpc) is 3.62. The van der Waals surface area contributed by atoms with Crippen LogP contribution in [-0.2, 0) is 17.6 Å². The van der Waals surface area contributed by atoms with E-state index in [1.54, 1.807) is 41.1 Å². The molecule has 3 aromatic heterocycles. The van der Waals surface area contributed by atoms with Gasteiger partial charge in [-0.25, -0.2) is 9.67 Å². The van der Waals surface area contributed by atoms with Crippen LogP contribution in [0.2, 0.25) is 0 Å². The lowest BCUT2D eigenvalue weighted by molar-refractivity contribution is -0.136. The second-order valence-corrected chi connectivity index (χ2v) is 9.09. The van der Waals surface area contributed by atoms with E-state index in [1.165, 1.54) is 11.0 Å². The molecule has 1 aromatic carbocycles. The molecule has 37 heavy (non-hydrogen) atoms. The number of aromatic amines is 1. The van der Waals surface area contributed by atoms with E-state index in [9.17, 15) is 9.59 Å². The molecule has 0 bridgehead atoms. The van der Waals surface area contributed by atoms with Crippen LogP contribution in [0.3, 0.4) is 0 Å². The molecule has 4 aromatic rings. The van der Waals surface area contributed by atoms with Gasteiger partial charge in [-0.1, -0.05) is 36.4 Å². The van der Waals surface area contributed by atoms with Gasteiger partial charge in [0.2, 0.25) is 0 Å². The van der Waals surface area contributed by atoms with Crippen LogP contribution in [0.4, 0.5) is 0 Å². The summed E-state index contributed by atoms with van der Waals surface area (Å²) in [6.07, 6.45) is 9.69. The van der Waals surface area contributed by atoms with Crippen LogP contribution in [0, 0.1) is 0 Å². The van der Waals surface area contributed by atoms with Crippen LogP contribution in [0.15, 0.2) is 77.5 Å². The third kappa shape index (κ3) is 5.34. The summed E-state index contributed by atoms with van der Waals surface area (Å²) < 4.78 is 3.23. The molecule has 1 unspecified atom stereocenters. The number of imidazole rings is 1. The molecule has 0 amide bonds. The highest BCUT2D eigenvalue weighted by molar-refractivity contribution is 6.30. The molecule has 0 radical (unpaired) electrons. The number of benzene rings is 1. The standard InChI is InChI=1S/C26H22ClN7O3/c1-16(27)5-6-20(33-15-29-31-32-33)10-18-11-21-7-8-23(34(21)24(35)12-18)26-28-14-22(30-26)19-4-2-3-17(9-19)13-25(36)37/h2-6,9-12,14-15,23H,1,7-8,13H2,(H,28,30)(H,36,37)/b6-5-,20-10-. The Labute approximate surface area is 216 Å². The highest BCUT2D eigenvalue weighted by atomic mass is 35.5. The van der Waals surface area contributed by atoms with Crippen molar-refractivity contribution in [3.05, 3.63) is 106 Å². The summed E-state index contributed by atoms with van der Waals surface area (Å²) in [5, 5.41) is 20.7. The maximum Gasteiger partial charge on any atom is 0.307 e. The summed E-state index contributed by atoms with van der Waals surface area (Å²) in [7, 11) is 0. The minimum absolute atomic E-state index is 0.0530. The molecule has 0 spiro atoms. The van der Waals surface area contributed by atoms with Gasteiger partial charge in [-0.3, -0.25) is 9.59 Å². The minimum atomic E-state index is -0.885. The van der Waals surface area contributed by atoms with Crippen molar-refractivity contribution in [1.29, 1.82) is 0 Å². The number of allylic oxidation sites excluding steroid dienone is 4. The van der Waals surface area contributed by atoms with E-state index in [2.05, 4.69) is 32.1 Å². The topological polar surface area (TPSA) is 132 Å². The number of halogens is 1. The number of aryl methyl sites for hydroxylation is 1. The number of hydrogen-bond acceptors (Lipinski definition) is 6. The molecule has 1 atom stereocenters. The van der Waals surface area contributed by atoms with Crippen molar-refractivity contribution in [2.45, 2.75) is 25.3 Å². The summed E-state index contributed by atoms with van der Waals surface area (Å²) in [5.41, 5.74) is 4.39. The Balaban J connectivity index is 1.44. The highest BCUT2D eigenvalue weighted by Crippen LogP contribution is 2.31. The van der Waals surface area contributed by atoms with Crippen molar-refractivity contribution in [2.75, 3.05) is 0 Å². The van der Waals surface area contributed by atoms with Crippen LogP contribution in [0.25, 0.3) is 23.0 Å². The smallest absolute Gasteiger partial charge is 0.307 e. The van der Waals surface area contributed by atoms with Crippen LogP contribution in [0.5, 0.6) is 0 Å². The number of aliphatic carboxylic acids is 1. The predicted molar refractivity (Wildman–Crippen MR) is 139 cm³/mol. The molecule has 4 heterocycles. The number of aromatic nitrogens is 7. The normalized spacial score (nSPS) is 15.3. The number of hydrogen-bond donors (Lipinski definition) is 2. The lowest BCUT2D eigenvalue weighted by atomic mass is 10.1. The number of carbonyl (C=O) groups is 1. The quantitative estimate of drug-likeness (QED) is 0.342. The molecule has 11 heteroatoms. The fourth-order valence-electron chi connectivity index (χ4n) is 4.45. The number of fused-ring (bicyclic) bond motifs is 1. The van der Waals surface area contributed by atoms with E-state index in [0.29, 0.717) is 34.1 Å². The molecule has 0 fully saturated rings. The van der Waals surface area contributed by atoms with Crippen molar-refractivity contribution in [3.63, 3.8) is 0 Å². The largest absolute Gasteiger partial charge is 0.481 e. The Kier molecular flexibility index (Phi) is 6.65. The molecule has 0 saturated carbocycles. The molecular formula is C26H22ClN7O3. The number of nitrogens with one attached hydrogen (secondary N) is 1. The van der Waals surface area contributed by atoms with Gasteiger partial charge in [0, 0.05) is 16.8 Å². The Morgan fingerprint density at radius 1 is 1.27 bits per heavy atom. The first kappa shape index (κ1) is 24.1. The number of pyridine rings is 1. The summed E-state index contributed by atoms with van der Waals surface area (Å²) in [5.74, 6) is -0.204. The Morgan fingerprint density at radius 2 is 2.14 bits per heavy atom. The zero-order chi connectivity index (χ0) is 25.9. The van der Waals surface area contributed by atoms with Crippen LogP contribution < -0.4 is 5.56 Å². The van der Waals surface area contributed by atoms with Crippen LogP contribution >= 0.6 is 11.6 Å². The maximum absolute atomic E-state index is 13.2. The molecule has 2 N–H and O–H groups in total. The van der Waals surface area contributed by atoms with Crippen molar-refractivity contribution in [1.82, 2.24) is 34.7 Å². The minimum Gasteiger partial charge on any atom is -0.481 e. The van der Waals surface area contributed by atoms with E-state index in [1.807, 2.05) is 24.3 Å². The third-order valence-electron chi connectivity index (χ3n) is 6.02. The summed E-state index contributed by atoms with van der Waals surface area (Å²) in [6.45, 7) is 3.66.